The molecule has 0 aliphatic rings. The Morgan fingerprint density at radius 1 is 1.05 bits per heavy atom. The first kappa shape index (κ1) is 13.5. The maximum absolute atomic E-state index is 4.82. The lowest BCUT2D eigenvalue weighted by molar-refractivity contribution is 1.26. The number of hydrogen-bond donors (Lipinski definition) is 0. The molecule has 2 nitrogen and oxygen atoms in total. The van der Waals surface area contributed by atoms with E-state index in [1.807, 2.05) is 30.6 Å². The zero-order chi connectivity index (χ0) is 14.1. The van der Waals surface area contributed by atoms with Crippen LogP contribution in [-0.4, -0.2) is 9.97 Å². The van der Waals surface area contributed by atoms with Gasteiger partial charge in [-0.25, -0.2) is 4.98 Å². The fourth-order valence-electron chi connectivity index (χ4n) is 2.10. The number of halogens is 1. The molecular weight excluding hydrogens is 332 g/mol. The van der Waals surface area contributed by atoms with Crippen molar-refractivity contribution in [2.45, 2.75) is 13.8 Å². The third kappa shape index (κ3) is 2.53. The van der Waals surface area contributed by atoms with E-state index in [1.165, 1.54) is 4.88 Å². The van der Waals surface area contributed by atoms with Crippen LogP contribution < -0.4 is 0 Å². The van der Waals surface area contributed by atoms with Gasteiger partial charge in [0, 0.05) is 32.9 Å². The molecule has 0 N–H and O–H groups in total. The van der Waals surface area contributed by atoms with E-state index in [2.05, 4.69) is 46.9 Å². The van der Waals surface area contributed by atoms with Crippen LogP contribution in [0, 0.1) is 13.8 Å². The fraction of sp³-hybridized carbons (Fsp3) is 0.125. The Balaban J connectivity index is 2.08. The van der Waals surface area contributed by atoms with Crippen LogP contribution in [-0.2, 0) is 0 Å². The first-order valence-corrected chi connectivity index (χ1v) is 7.90. The molecule has 20 heavy (non-hydrogen) atoms. The van der Waals surface area contributed by atoms with Gasteiger partial charge in [0.25, 0.3) is 0 Å². The van der Waals surface area contributed by atoms with Gasteiger partial charge in [0.1, 0.15) is 5.01 Å². The summed E-state index contributed by atoms with van der Waals surface area (Å²) in [4.78, 5) is 10.2. The lowest BCUT2D eigenvalue weighted by Crippen LogP contribution is -1.84. The highest BCUT2D eigenvalue weighted by atomic mass is 79.9. The molecule has 0 saturated heterocycles. The normalized spacial score (nSPS) is 10.8. The summed E-state index contributed by atoms with van der Waals surface area (Å²) >= 11 is 5.19. The fourth-order valence-corrected chi connectivity index (χ4v) is 3.39. The summed E-state index contributed by atoms with van der Waals surface area (Å²) in [6.45, 7) is 4.19. The summed E-state index contributed by atoms with van der Waals surface area (Å²) in [5.41, 5.74) is 4.54. The molecular formula is C16H13BrN2S. The van der Waals surface area contributed by atoms with Crippen molar-refractivity contribution in [2.75, 3.05) is 0 Å². The van der Waals surface area contributed by atoms with E-state index in [0.29, 0.717) is 0 Å². The van der Waals surface area contributed by atoms with Gasteiger partial charge in [-0.1, -0.05) is 28.1 Å². The van der Waals surface area contributed by atoms with Crippen molar-refractivity contribution in [2.24, 2.45) is 0 Å². The second kappa shape index (κ2) is 5.46. The Morgan fingerprint density at radius 3 is 2.50 bits per heavy atom. The summed E-state index contributed by atoms with van der Waals surface area (Å²) < 4.78 is 1.08. The minimum Gasteiger partial charge on any atom is -0.264 e. The summed E-state index contributed by atoms with van der Waals surface area (Å²) in [6, 6.07) is 10.3. The minimum atomic E-state index is 1.06. The second-order valence-electron chi connectivity index (χ2n) is 4.62. The van der Waals surface area contributed by atoms with Crippen LogP contribution >= 0.6 is 27.3 Å². The standard InChI is InChI=1S/C16H13BrN2S/c1-10-9-18-8-7-14(10)16-19-15(11(2)20-16)12-3-5-13(17)6-4-12/h3-9H,1-2H3. The first-order chi connectivity index (χ1) is 9.65. The number of aryl methyl sites for hydroxylation is 2. The van der Waals surface area contributed by atoms with Gasteiger partial charge in [0.15, 0.2) is 0 Å². The quantitative estimate of drug-likeness (QED) is 0.634. The predicted octanol–water partition coefficient (Wildman–Crippen LogP) is 5.25. The van der Waals surface area contributed by atoms with Gasteiger partial charge in [-0.3, -0.25) is 4.98 Å². The number of benzene rings is 1. The number of thiazole rings is 1. The van der Waals surface area contributed by atoms with E-state index in [1.54, 1.807) is 11.3 Å². The van der Waals surface area contributed by atoms with Crippen molar-refractivity contribution < 1.29 is 0 Å². The number of nitrogens with zero attached hydrogens (tertiary/aromatic N) is 2. The van der Waals surface area contributed by atoms with Crippen molar-refractivity contribution in [3.63, 3.8) is 0 Å². The molecule has 0 radical (unpaired) electrons. The molecule has 4 heteroatoms. The minimum absolute atomic E-state index is 1.06. The molecule has 3 rings (SSSR count). The van der Waals surface area contributed by atoms with Crippen LogP contribution in [0.3, 0.4) is 0 Å². The Hall–Kier alpha value is -1.52. The topological polar surface area (TPSA) is 25.8 Å². The van der Waals surface area contributed by atoms with Crippen LogP contribution in [0.2, 0.25) is 0 Å². The Morgan fingerprint density at radius 2 is 1.80 bits per heavy atom. The summed E-state index contributed by atoms with van der Waals surface area (Å²) in [5, 5.41) is 1.06. The van der Waals surface area contributed by atoms with Crippen LogP contribution in [0.1, 0.15) is 10.4 Å². The van der Waals surface area contributed by atoms with E-state index in [4.69, 9.17) is 4.98 Å². The van der Waals surface area contributed by atoms with E-state index in [9.17, 15) is 0 Å². The van der Waals surface area contributed by atoms with Gasteiger partial charge < -0.3 is 0 Å². The average Bonchev–Trinajstić information content (AvgIpc) is 2.82. The molecule has 1 aromatic carbocycles. The van der Waals surface area contributed by atoms with Crippen molar-refractivity contribution in [1.29, 1.82) is 0 Å². The van der Waals surface area contributed by atoms with Crippen LogP contribution in [0.25, 0.3) is 21.8 Å². The molecule has 2 heterocycles. The SMILES string of the molecule is Cc1cnccc1-c1nc(-c2ccc(Br)cc2)c(C)s1. The zero-order valence-corrected chi connectivity index (χ0v) is 13.6. The smallest absolute Gasteiger partial charge is 0.124 e. The average molecular weight is 345 g/mol. The largest absolute Gasteiger partial charge is 0.264 e. The lowest BCUT2D eigenvalue weighted by Gasteiger charge is -2.00. The highest BCUT2D eigenvalue weighted by Crippen LogP contribution is 2.34. The monoisotopic (exact) mass is 344 g/mol. The molecule has 0 spiro atoms. The van der Waals surface area contributed by atoms with Gasteiger partial charge in [0.2, 0.25) is 0 Å². The van der Waals surface area contributed by atoms with Gasteiger partial charge in [-0.05, 0) is 37.6 Å². The number of aromatic nitrogens is 2. The Kier molecular flexibility index (Phi) is 3.68. The highest BCUT2D eigenvalue weighted by molar-refractivity contribution is 9.10. The molecule has 100 valence electrons. The molecule has 0 bridgehead atoms. The molecule has 0 amide bonds. The van der Waals surface area contributed by atoms with Crippen molar-refractivity contribution in [1.82, 2.24) is 9.97 Å². The summed E-state index contributed by atoms with van der Waals surface area (Å²) in [6.07, 6.45) is 3.70. The van der Waals surface area contributed by atoms with Crippen molar-refractivity contribution >= 4 is 27.3 Å². The lowest BCUT2D eigenvalue weighted by atomic mass is 10.1. The van der Waals surface area contributed by atoms with Crippen molar-refractivity contribution in [3.8, 4) is 21.8 Å². The first-order valence-electron chi connectivity index (χ1n) is 6.29. The highest BCUT2D eigenvalue weighted by Gasteiger charge is 2.12. The predicted molar refractivity (Wildman–Crippen MR) is 88.0 cm³/mol. The molecule has 0 aliphatic heterocycles. The Labute approximate surface area is 130 Å². The summed E-state index contributed by atoms with van der Waals surface area (Å²) in [5.74, 6) is 0. The van der Waals surface area contributed by atoms with Crippen LogP contribution in [0.15, 0.2) is 47.2 Å². The molecule has 0 fully saturated rings. The number of pyridine rings is 1. The second-order valence-corrected chi connectivity index (χ2v) is 6.74. The van der Waals surface area contributed by atoms with E-state index < -0.39 is 0 Å². The Bertz CT molecular complexity index is 747. The molecule has 0 atom stereocenters. The van der Waals surface area contributed by atoms with Crippen LogP contribution in [0.5, 0.6) is 0 Å². The van der Waals surface area contributed by atoms with Crippen LogP contribution in [0.4, 0.5) is 0 Å². The van der Waals surface area contributed by atoms with Gasteiger partial charge in [-0.2, -0.15) is 0 Å². The van der Waals surface area contributed by atoms with Gasteiger partial charge >= 0.3 is 0 Å². The molecule has 0 unspecified atom stereocenters. The van der Waals surface area contributed by atoms with E-state index >= 15 is 0 Å². The molecule has 3 aromatic rings. The van der Waals surface area contributed by atoms with Crippen molar-refractivity contribution in [3.05, 3.63) is 57.6 Å². The molecule has 0 saturated carbocycles. The van der Waals surface area contributed by atoms with Gasteiger partial charge in [0.05, 0.1) is 5.69 Å². The molecule has 0 aliphatic carbocycles. The number of rotatable bonds is 2. The third-order valence-electron chi connectivity index (χ3n) is 3.16. The number of hydrogen-bond acceptors (Lipinski definition) is 3. The van der Waals surface area contributed by atoms with E-state index in [-0.39, 0.29) is 0 Å². The maximum Gasteiger partial charge on any atom is 0.124 e. The summed E-state index contributed by atoms with van der Waals surface area (Å²) in [7, 11) is 0. The maximum atomic E-state index is 4.82. The third-order valence-corrected chi connectivity index (χ3v) is 4.70. The van der Waals surface area contributed by atoms with Gasteiger partial charge in [-0.15, -0.1) is 11.3 Å². The molecule has 2 aromatic heterocycles. The van der Waals surface area contributed by atoms with E-state index in [0.717, 1.165) is 31.9 Å². The zero-order valence-electron chi connectivity index (χ0n) is 11.2.